The first-order chi connectivity index (χ1) is 13.9. The van der Waals surface area contributed by atoms with Crippen LogP contribution in [0.4, 0.5) is 0 Å². The number of furan rings is 1. The van der Waals surface area contributed by atoms with Gasteiger partial charge in [0.1, 0.15) is 11.2 Å². The molecule has 7 aromatic rings. The number of benzene rings is 4. The molecule has 0 atom stereocenters. The monoisotopic (exact) mass is 357 g/mol. The Morgan fingerprint density at radius 1 is 0.536 bits per heavy atom. The zero-order valence-corrected chi connectivity index (χ0v) is 15.0. The summed E-state index contributed by atoms with van der Waals surface area (Å²) >= 11 is 0. The summed E-state index contributed by atoms with van der Waals surface area (Å²) in [4.78, 5) is 0. The number of para-hydroxylation sites is 1. The van der Waals surface area contributed by atoms with Gasteiger partial charge in [-0.3, -0.25) is 0 Å². The molecule has 0 spiro atoms. The fourth-order valence-electron chi connectivity index (χ4n) is 4.72. The third kappa shape index (κ3) is 1.68. The molecule has 0 saturated carbocycles. The molecule has 3 aromatic heterocycles. The second kappa shape index (κ2) is 4.93. The lowest BCUT2D eigenvalue weighted by atomic mass is 10.0. The van der Waals surface area contributed by atoms with E-state index in [0.29, 0.717) is 0 Å². The first-order valence-corrected chi connectivity index (χ1v) is 9.54. The minimum absolute atomic E-state index is 0.933. The molecule has 2 heteroatoms. The van der Waals surface area contributed by atoms with E-state index >= 15 is 0 Å². The maximum atomic E-state index is 6.18. The van der Waals surface area contributed by atoms with Crippen LogP contribution >= 0.6 is 0 Å². The van der Waals surface area contributed by atoms with E-state index in [2.05, 4.69) is 83.4 Å². The zero-order valence-electron chi connectivity index (χ0n) is 15.0. The van der Waals surface area contributed by atoms with Crippen molar-refractivity contribution in [2.75, 3.05) is 0 Å². The first-order valence-electron chi connectivity index (χ1n) is 9.54. The van der Waals surface area contributed by atoms with Gasteiger partial charge in [-0.15, -0.1) is 0 Å². The number of nitrogens with zero attached hydrogens (tertiary/aromatic N) is 1. The molecule has 4 aromatic carbocycles. The Balaban J connectivity index is 1.83. The summed E-state index contributed by atoms with van der Waals surface area (Å²) in [6.45, 7) is 0. The second-order valence-corrected chi connectivity index (χ2v) is 7.44. The van der Waals surface area contributed by atoms with Gasteiger partial charge in [-0.1, -0.05) is 66.7 Å². The topological polar surface area (TPSA) is 17.6 Å². The molecule has 0 aliphatic rings. The van der Waals surface area contributed by atoms with Gasteiger partial charge in [-0.25, -0.2) is 0 Å². The average Bonchev–Trinajstić information content (AvgIpc) is 3.31. The van der Waals surface area contributed by atoms with E-state index in [4.69, 9.17) is 4.42 Å². The molecule has 0 aliphatic carbocycles. The highest BCUT2D eigenvalue weighted by Crippen LogP contribution is 2.38. The van der Waals surface area contributed by atoms with Crippen LogP contribution in [0.1, 0.15) is 0 Å². The van der Waals surface area contributed by atoms with Gasteiger partial charge in [0.15, 0.2) is 0 Å². The molecular weight excluding hydrogens is 342 g/mol. The van der Waals surface area contributed by atoms with Crippen LogP contribution in [-0.2, 0) is 0 Å². The summed E-state index contributed by atoms with van der Waals surface area (Å²) in [5, 5.41) is 8.69. The van der Waals surface area contributed by atoms with Gasteiger partial charge in [0.05, 0.1) is 11.0 Å². The van der Waals surface area contributed by atoms with E-state index in [1.54, 1.807) is 0 Å². The molecule has 0 amide bonds. The summed E-state index contributed by atoms with van der Waals surface area (Å²) in [6, 6.07) is 30.1. The molecule has 0 fully saturated rings. The molecular formula is C26H15NO. The minimum atomic E-state index is 0.933. The van der Waals surface area contributed by atoms with E-state index in [-0.39, 0.29) is 0 Å². The number of hydrogen-bond acceptors (Lipinski definition) is 1. The van der Waals surface area contributed by atoms with E-state index in [0.717, 1.165) is 11.2 Å². The third-order valence-corrected chi connectivity index (χ3v) is 5.95. The molecule has 2 nitrogen and oxygen atoms in total. The Hall–Kier alpha value is -3.78. The van der Waals surface area contributed by atoms with Crippen molar-refractivity contribution in [3.05, 3.63) is 91.1 Å². The standard InChI is InChI=1S/C26H15NO/c1-2-8-17-16(7-1)15-27-23-14-25-22(19-10-5-6-12-24(19)28-25)13-21(23)18-9-3-4-11-20(18)26(17)27/h1-15H. The van der Waals surface area contributed by atoms with Crippen molar-refractivity contribution in [2.45, 2.75) is 0 Å². The molecule has 0 unspecified atom stereocenters. The summed E-state index contributed by atoms with van der Waals surface area (Å²) in [5.74, 6) is 0. The Labute approximate surface area is 160 Å². The molecule has 3 heterocycles. The van der Waals surface area contributed by atoms with Crippen molar-refractivity contribution in [2.24, 2.45) is 0 Å². The van der Waals surface area contributed by atoms with Crippen LogP contribution in [0.2, 0.25) is 0 Å². The number of hydrogen-bond donors (Lipinski definition) is 0. The molecule has 130 valence electrons. The van der Waals surface area contributed by atoms with Crippen molar-refractivity contribution in [3.8, 4) is 0 Å². The largest absolute Gasteiger partial charge is 0.456 e. The van der Waals surface area contributed by atoms with Gasteiger partial charge < -0.3 is 8.82 Å². The zero-order chi connectivity index (χ0) is 18.2. The van der Waals surface area contributed by atoms with Gasteiger partial charge in [0, 0.05) is 44.6 Å². The number of aromatic nitrogens is 1. The van der Waals surface area contributed by atoms with E-state index in [1.165, 1.54) is 48.7 Å². The minimum Gasteiger partial charge on any atom is -0.456 e. The lowest BCUT2D eigenvalue weighted by Gasteiger charge is -2.09. The molecule has 0 radical (unpaired) electrons. The van der Waals surface area contributed by atoms with Crippen molar-refractivity contribution in [3.63, 3.8) is 0 Å². The Kier molecular flexibility index (Phi) is 2.52. The third-order valence-electron chi connectivity index (χ3n) is 5.95. The van der Waals surface area contributed by atoms with Gasteiger partial charge in [0.2, 0.25) is 0 Å². The van der Waals surface area contributed by atoms with Gasteiger partial charge in [0.25, 0.3) is 0 Å². The maximum Gasteiger partial charge on any atom is 0.137 e. The average molecular weight is 357 g/mol. The van der Waals surface area contributed by atoms with Gasteiger partial charge in [-0.05, 0) is 17.5 Å². The SMILES string of the molecule is c1ccc2c(c1)cn1c3cc4oc5ccccc5c4cc3c3ccccc3c21. The number of fused-ring (bicyclic) bond motifs is 11. The molecule has 0 aliphatic heterocycles. The van der Waals surface area contributed by atoms with Crippen molar-refractivity contribution in [1.29, 1.82) is 0 Å². The second-order valence-electron chi connectivity index (χ2n) is 7.44. The fourth-order valence-corrected chi connectivity index (χ4v) is 4.72. The summed E-state index contributed by atoms with van der Waals surface area (Å²) in [5.41, 5.74) is 4.31. The molecule has 0 saturated heterocycles. The Bertz CT molecular complexity index is 1720. The summed E-state index contributed by atoms with van der Waals surface area (Å²) < 4.78 is 8.51. The lowest BCUT2D eigenvalue weighted by molar-refractivity contribution is 0.669. The molecule has 0 N–H and O–H groups in total. The van der Waals surface area contributed by atoms with Crippen molar-refractivity contribution >= 4 is 59.9 Å². The van der Waals surface area contributed by atoms with E-state index in [1.807, 2.05) is 12.1 Å². The van der Waals surface area contributed by atoms with Crippen molar-refractivity contribution in [1.82, 2.24) is 4.40 Å². The maximum absolute atomic E-state index is 6.18. The highest BCUT2D eigenvalue weighted by atomic mass is 16.3. The quantitative estimate of drug-likeness (QED) is 0.260. The van der Waals surface area contributed by atoms with Gasteiger partial charge >= 0.3 is 0 Å². The normalized spacial score (nSPS) is 12.3. The van der Waals surface area contributed by atoms with Crippen LogP contribution in [0.3, 0.4) is 0 Å². The molecule has 28 heavy (non-hydrogen) atoms. The van der Waals surface area contributed by atoms with Crippen LogP contribution < -0.4 is 0 Å². The molecule has 7 rings (SSSR count). The van der Waals surface area contributed by atoms with Crippen LogP contribution in [-0.4, -0.2) is 4.40 Å². The Morgan fingerprint density at radius 3 is 2.14 bits per heavy atom. The van der Waals surface area contributed by atoms with Crippen LogP contribution in [0, 0.1) is 0 Å². The Morgan fingerprint density at radius 2 is 1.25 bits per heavy atom. The molecule has 0 bridgehead atoms. The first kappa shape index (κ1) is 14.3. The highest BCUT2D eigenvalue weighted by molar-refractivity contribution is 6.22. The van der Waals surface area contributed by atoms with E-state index in [9.17, 15) is 0 Å². The smallest absolute Gasteiger partial charge is 0.137 e. The number of pyridine rings is 1. The van der Waals surface area contributed by atoms with Crippen LogP contribution in [0.5, 0.6) is 0 Å². The van der Waals surface area contributed by atoms with Gasteiger partial charge in [-0.2, -0.15) is 0 Å². The predicted molar refractivity (Wildman–Crippen MR) is 117 cm³/mol. The number of rotatable bonds is 0. The van der Waals surface area contributed by atoms with E-state index < -0.39 is 0 Å². The summed E-state index contributed by atoms with van der Waals surface area (Å²) in [6.07, 6.45) is 2.24. The van der Waals surface area contributed by atoms with Crippen LogP contribution in [0.25, 0.3) is 59.9 Å². The highest BCUT2D eigenvalue weighted by Gasteiger charge is 2.15. The van der Waals surface area contributed by atoms with Crippen LogP contribution in [0.15, 0.2) is 95.5 Å². The van der Waals surface area contributed by atoms with Crippen molar-refractivity contribution < 1.29 is 4.42 Å². The summed E-state index contributed by atoms with van der Waals surface area (Å²) in [7, 11) is 0. The lowest BCUT2D eigenvalue weighted by Crippen LogP contribution is -1.89. The predicted octanol–water partition coefficient (Wildman–Crippen LogP) is 7.30. The fraction of sp³-hybridized carbons (Fsp3) is 0.